The molecule has 0 aliphatic rings. The van der Waals surface area contributed by atoms with Crippen molar-refractivity contribution < 1.29 is 0 Å². The van der Waals surface area contributed by atoms with Crippen molar-refractivity contribution in [1.82, 2.24) is 9.97 Å². The minimum atomic E-state index is 0.711. The first-order valence-corrected chi connectivity index (χ1v) is 6.72. The van der Waals surface area contributed by atoms with Gasteiger partial charge in [-0.15, -0.1) is 0 Å². The first-order valence-electron chi connectivity index (χ1n) is 5.55. The van der Waals surface area contributed by atoms with Crippen molar-refractivity contribution in [2.75, 3.05) is 0 Å². The zero-order chi connectivity index (χ0) is 12.7. The molecule has 3 aromatic rings. The summed E-state index contributed by atoms with van der Waals surface area (Å²) in [5.41, 5.74) is 4.14. The minimum Gasteiger partial charge on any atom is -0.338 e. The maximum Gasteiger partial charge on any atom is 0.138 e. The molecule has 0 bridgehead atoms. The molecule has 0 saturated carbocycles. The highest BCUT2D eigenvalue weighted by Crippen LogP contribution is 2.28. The van der Waals surface area contributed by atoms with E-state index in [-0.39, 0.29) is 0 Å². The van der Waals surface area contributed by atoms with Crippen LogP contribution in [0.2, 0.25) is 5.02 Å². The Bertz CT molecular complexity index is 734. The van der Waals surface area contributed by atoms with Crippen molar-refractivity contribution in [3.8, 4) is 11.4 Å². The molecule has 3 rings (SSSR count). The van der Waals surface area contributed by atoms with Gasteiger partial charge in [-0.05, 0) is 52.7 Å². The summed E-state index contributed by atoms with van der Waals surface area (Å²) in [5, 5.41) is 0.711. The van der Waals surface area contributed by atoms with Gasteiger partial charge in [-0.25, -0.2) is 4.98 Å². The van der Waals surface area contributed by atoms with Crippen LogP contribution in [0.3, 0.4) is 0 Å². The van der Waals surface area contributed by atoms with Gasteiger partial charge in [-0.1, -0.05) is 23.7 Å². The Hall–Kier alpha value is -1.32. The van der Waals surface area contributed by atoms with E-state index in [0.717, 1.165) is 26.9 Å². The molecule has 0 radical (unpaired) electrons. The molecule has 18 heavy (non-hydrogen) atoms. The average molecular weight is 322 g/mol. The number of hydrogen-bond acceptors (Lipinski definition) is 1. The summed E-state index contributed by atoms with van der Waals surface area (Å²) in [6.45, 7) is 2.06. The van der Waals surface area contributed by atoms with Gasteiger partial charge in [0.25, 0.3) is 0 Å². The average Bonchev–Trinajstić information content (AvgIpc) is 2.73. The number of halogens is 2. The number of nitrogens with zero attached hydrogens (tertiary/aromatic N) is 1. The molecule has 0 aliphatic carbocycles. The predicted octanol–water partition coefficient (Wildman–Crippen LogP) is 4.95. The van der Waals surface area contributed by atoms with Crippen LogP contribution in [-0.2, 0) is 0 Å². The van der Waals surface area contributed by atoms with Crippen LogP contribution >= 0.6 is 27.5 Å². The van der Waals surface area contributed by atoms with E-state index in [4.69, 9.17) is 11.6 Å². The van der Waals surface area contributed by atoms with E-state index >= 15 is 0 Å². The van der Waals surface area contributed by atoms with E-state index in [9.17, 15) is 0 Å². The largest absolute Gasteiger partial charge is 0.338 e. The molecule has 2 nitrogen and oxygen atoms in total. The zero-order valence-electron chi connectivity index (χ0n) is 9.67. The molecule has 0 atom stereocenters. The Labute approximate surface area is 118 Å². The van der Waals surface area contributed by atoms with E-state index < -0.39 is 0 Å². The molecule has 1 heterocycles. The molecule has 4 heteroatoms. The lowest BCUT2D eigenvalue weighted by Gasteiger charge is -1.96. The highest BCUT2D eigenvalue weighted by atomic mass is 79.9. The second-order valence-corrected chi connectivity index (χ2v) is 5.53. The summed E-state index contributed by atoms with van der Waals surface area (Å²) in [6, 6.07) is 11.8. The third-order valence-electron chi connectivity index (χ3n) is 2.78. The molecule has 0 fully saturated rings. The summed E-state index contributed by atoms with van der Waals surface area (Å²) in [6.07, 6.45) is 0. The van der Waals surface area contributed by atoms with Crippen LogP contribution < -0.4 is 0 Å². The normalized spacial score (nSPS) is 11.1. The van der Waals surface area contributed by atoms with Crippen molar-refractivity contribution >= 4 is 38.6 Å². The predicted molar refractivity (Wildman–Crippen MR) is 79.0 cm³/mol. The minimum absolute atomic E-state index is 0.711. The lowest BCUT2D eigenvalue weighted by Crippen LogP contribution is -1.79. The van der Waals surface area contributed by atoms with Crippen LogP contribution in [0.1, 0.15) is 5.56 Å². The number of nitrogens with one attached hydrogen (secondary N) is 1. The van der Waals surface area contributed by atoms with Crippen molar-refractivity contribution in [3.63, 3.8) is 0 Å². The van der Waals surface area contributed by atoms with Gasteiger partial charge in [-0.3, -0.25) is 0 Å². The molecule has 0 unspecified atom stereocenters. The molecule has 0 aliphatic heterocycles. The summed E-state index contributed by atoms with van der Waals surface area (Å²) < 4.78 is 1.00. The topological polar surface area (TPSA) is 28.7 Å². The van der Waals surface area contributed by atoms with Crippen LogP contribution in [0.4, 0.5) is 0 Å². The number of benzene rings is 2. The number of H-pyrrole nitrogens is 1. The summed E-state index contributed by atoms with van der Waals surface area (Å²) in [5.74, 6) is 0.832. The Kier molecular flexibility index (Phi) is 2.88. The Balaban J connectivity index is 2.22. The van der Waals surface area contributed by atoms with Crippen LogP contribution in [0.15, 0.2) is 40.9 Å². The molecule has 90 valence electrons. The van der Waals surface area contributed by atoms with Gasteiger partial charge in [0.2, 0.25) is 0 Å². The summed E-state index contributed by atoms with van der Waals surface area (Å²) in [7, 11) is 0. The number of aromatic amines is 1. The van der Waals surface area contributed by atoms with Gasteiger partial charge in [0.05, 0.1) is 5.52 Å². The number of hydrogen-bond donors (Lipinski definition) is 1. The third kappa shape index (κ3) is 2.04. The Morgan fingerprint density at radius 1 is 1.22 bits per heavy atom. The monoisotopic (exact) mass is 320 g/mol. The van der Waals surface area contributed by atoms with Crippen molar-refractivity contribution in [3.05, 3.63) is 51.5 Å². The fourth-order valence-electron chi connectivity index (χ4n) is 1.98. The second-order valence-electron chi connectivity index (χ2n) is 4.24. The molecule has 0 spiro atoms. The maximum atomic E-state index is 6.00. The standard InChI is InChI=1S/C14H10BrClN2/c1-8-5-11(15)13-12(6-8)17-14(18-13)9-3-2-4-10(16)7-9/h2-7H,1H3,(H,17,18). The first kappa shape index (κ1) is 11.8. The lowest BCUT2D eigenvalue weighted by atomic mass is 10.2. The first-order chi connectivity index (χ1) is 8.63. The SMILES string of the molecule is Cc1cc(Br)c2nc(-c3cccc(Cl)c3)[nH]c2c1. The van der Waals surface area contributed by atoms with E-state index in [1.165, 1.54) is 5.56 Å². The van der Waals surface area contributed by atoms with Gasteiger partial charge in [-0.2, -0.15) is 0 Å². The van der Waals surface area contributed by atoms with Crippen LogP contribution in [0.25, 0.3) is 22.4 Å². The molecule has 0 saturated heterocycles. The fraction of sp³-hybridized carbons (Fsp3) is 0.0714. The van der Waals surface area contributed by atoms with Crippen molar-refractivity contribution in [1.29, 1.82) is 0 Å². The van der Waals surface area contributed by atoms with E-state index in [1.54, 1.807) is 0 Å². The van der Waals surface area contributed by atoms with Gasteiger partial charge in [0, 0.05) is 15.1 Å². The number of rotatable bonds is 1. The molecule has 0 amide bonds. The van der Waals surface area contributed by atoms with Gasteiger partial charge in [0.1, 0.15) is 11.3 Å². The second kappa shape index (κ2) is 4.41. The van der Waals surface area contributed by atoms with Crippen molar-refractivity contribution in [2.45, 2.75) is 6.92 Å². The quantitative estimate of drug-likeness (QED) is 0.674. The van der Waals surface area contributed by atoms with E-state index in [1.807, 2.05) is 24.3 Å². The Morgan fingerprint density at radius 3 is 2.83 bits per heavy atom. The molecular formula is C14H10BrClN2. The van der Waals surface area contributed by atoms with E-state index in [0.29, 0.717) is 5.02 Å². The third-order valence-corrected chi connectivity index (χ3v) is 3.62. The van der Waals surface area contributed by atoms with Gasteiger partial charge < -0.3 is 4.98 Å². The Morgan fingerprint density at radius 2 is 2.06 bits per heavy atom. The molecule has 1 aromatic heterocycles. The highest BCUT2D eigenvalue weighted by molar-refractivity contribution is 9.10. The molecule has 1 N–H and O–H groups in total. The smallest absolute Gasteiger partial charge is 0.138 e. The number of imidazole rings is 1. The number of fused-ring (bicyclic) bond motifs is 1. The maximum absolute atomic E-state index is 6.00. The van der Waals surface area contributed by atoms with Gasteiger partial charge >= 0.3 is 0 Å². The van der Waals surface area contributed by atoms with E-state index in [2.05, 4.69) is 45.0 Å². The fourth-order valence-corrected chi connectivity index (χ4v) is 2.84. The highest BCUT2D eigenvalue weighted by Gasteiger charge is 2.08. The number of aromatic nitrogens is 2. The summed E-state index contributed by atoms with van der Waals surface area (Å²) in [4.78, 5) is 7.92. The number of aryl methyl sites for hydroxylation is 1. The summed E-state index contributed by atoms with van der Waals surface area (Å²) >= 11 is 9.54. The van der Waals surface area contributed by atoms with Crippen molar-refractivity contribution in [2.24, 2.45) is 0 Å². The molecular weight excluding hydrogens is 312 g/mol. The lowest BCUT2D eigenvalue weighted by molar-refractivity contribution is 1.33. The molecule has 2 aromatic carbocycles. The van der Waals surface area contributed by atoms with Crippen LogP contribution in [0, 0.1) is 6.92 Å². The van der Waals surface area contributed by atoms with Crippen LogP contribution in [-0.4, -0.2) is 9.97 Å². The van der Waals surface area contributed by atoms with Crippen LogP contribution in [0.5, 0.6) is 0 Å². The zero-order valence-corrected chi connectivity index (χ0v) is 12.0. The van der Waals surface area contributed by atoms with Gasteiger partial charge in [0.15, 0.2) is 0 Å².